The van der Waals surface area contributed by atoms with E-state index in [0.717, 1.165) is 14.8 Å². The molecule has 2 aromatic heterocycles. The van der Waals surface area contributed by atoms with Crippen molar-refractivity contribution in [1.29, 1.82) is 0 Å². The van der Waals surface area contributed by atoms with Crippen molar-refractivity contribution in [3.8, 4) is 0 Å². The van der Waals surface area contributed by atoms with E-state index >= 15 is 0 Å². The summed E-state index contributed by atoms with van der Waals surface area (Å²) in [6.07, 6.45) is 2.92. The molecule has 0 saturated carbocycles. The number of carbonyl (C=O) groups excluding carboxylic acids is 2. The van der Waals surface area contributed by atoms with E-state index in [0.29, 0.717) is 23.3 Å². The molecule has 1 aliphatic carbocycles. The maximum absolute atomic E-state index is 12.7. The first-order chi connectivity index (χ1) is 10.9. The number of ether oxygens (including phenoxy) is 1. The third kappa shape index (κ3) is 3.19. The first-order valence-electron chi connectivity index (χ1n) is 7.27. The highest BCUT2D eigenvalue weighted by Crippen LogP contribution is 2.46. The van der Waals surface area contributed by atoms with Crippen molar-refractivity contribution < 1.29 is 14.3 Å². The van der Waals surface area contributed by atoms with E-state index in [1.165, 1.54) is 30.2 Å². The Morgan fingerprint density at radius 2 is 2.13 bits per heavy atom. The molecule has 2 aromatic rings. The molecule has 0 saturated heterocycles. The van der Waals surface area contributed by atoms with Crippen LogP contribution in [-0.2, 0) is 11.2 Å². The second kappa shape index (κ2) is 6.09. The summed E-state index contributed by atoms with van der Waals surface area (Å²) in [6.45, 7) is 4.11. The van der Waals surface area contributed by atoms with Gasteiger partial charge >= 0.3 is 5.97 Å². The normalized spacial score (nSPS) is 16.0. The fourth-order valence-corrected chi connectivity index (χ4v) is 5.24. The molecule has 4 nitrogen and oxygen atoms in total. The van der Waals surface area contributed by atoms with Crippen LogP contribution < -0.4 is 0 Å². The number of aromatic nitrogens is 1. The number of ketones is 1. The molecule has 1 aliphatic rings. The fraction of sp³-hybridized carbons (Fsp3) is 0.353. The van der Waals surface area contributed by atoms with E-state index in [4.69, 9.17) is 4.74 Å². The second-order valence-electron chi connectivity index (χ2n) is 6.27. The summed E-state index contributed by atoms with van der Waals surface area (Å²) in [5.41, 5.74) is 1.38. The zero-order chi connectivity index (χ0) is 16.6. The number of methoxy groups -OCH3 is 1. The standard InChI is InChI=1S/C17H17NO3S2/c1-17(2)8-10-13(11(19)9-17)16(23-14(10)15(20)21-3)22-12-6-4-5-7-18-12/h4-7H,8-9H2,1-3H3. The fourth-order valence-electron chi connectivity index (χ4n) is 2.79. The number of fused-ring (bicyclic) bond motifs is 1. The molecule has 6 heteroatoms. The third-order valence-electron chi connectivity index (χ3n) is 3.75. The van der Waals surface area contributed by atoms with Gasteiger partial charge in [0.2, 0.25) is 0 Å². The van der Waals surface area contributed by atoms with E-state index < -0.39 is 0 Å². The van der Waals surface area contributed by atoms with Gasteiger partial charge in [0.25, 0.3) is 0 Å². The minimum atomic E-state index is -0.371. The summed E-state index contributed by atoms with van der Waals surface area (Å²) in [5, 5.41) is 0.811. The number of thiophene rings is 1. The number of carbonyl (C=O) groups is 2. The molecule has 0 N–H and O–H groups in total. The quantitative estimate of drug-likeness (QED) is 0.778. The molecular weight excluding hydrogens is 330 g/mol. The van der Waals surface area contributed by atoms with E-state index in [-0.39, 0.29) is 17.2 Å². The molecule has 0 aromatic carbocycles. The Morgan fingerprint density at radius 1 is 1.35 bits per heavy atom. The van der Waals surface area contributed by atoms with Crippen LogP contribution in [0.4, 0.5) is 0 Å². The SMILES string of the molecule is COC(=O)c1sc(Sc2ccccn2)c2c1CC(C)(C)CC2=O. The maximum atomic E-state index is 12.7. The summed E-state index contributed by atoms with van der Waals surface area (Å²) < 4.78 is 5.74. The number of Topliss-reactive ketones (excluding diaryl/α,β-unsaturated/α-hetero) is 1. The van der Waals surface area contributed by atoms with Gasteiger partial charge in [0, 0.05) is 18.2 Å². The largest absolute Gasteiger partial charge is 0.465 e. The van der Waals surface area contributed by atoms with Crippen LogP contribution in [-0.4, -0.2) is 23.8 Å². The molecule has 2 heterocycles. The van der Waals surface area contributed by atoms with Crippen molar-refractivity contribution in [2.45, 2.75) is 35.9 Å². The molecule has 3 rings (SSSR count). The summed E-state index contributed by atoms with van der Waals surface area (Å²) in [6, 6.07) is 5.65. The van der Waals surface area contributed by atoms with Gasteiger partial charge in [-0.2, -0.15) is 0 Å². The van der Waals surface area contributed by atoms with Gasteiger partial charge in [0.05, 0.1) is 11.3 Å². The predicted octanol–water partition coefficient (Wildman–Crippen LogP) is 4.24. The van der Waals surface area contributed by atoms with Gasteiger partial charge in [-0.05, 0) is 29.5 Å². The highest BCUT2D eigenvalue weighted by molar-refractivity contribution is 8.01. The topological polar surface area (TPSA) is 56.3 Å². The third-order valence-corrected chi connectivity index (χ3v) is 6.10. The summed E-state index contributed by atoms with van der Waals surface area (Å²) in [5.74, 6) is -0.272. The lowest BCUT2D eigenvalue weighted by Crippen LogP contribution is -2.27. The molecule has 0 bridgehead atoms. The molecule has 0 fully saturated rings. The lowest BCUT2D eigenvalue weighted by atomic mass is 9.74. The van der Waals surface area contributed by atoms with Gasteiger partial charge in [-0.1, -0.05) is 31.7 Å². The predicted molar refractivity (Wildman–Crippen MR) is 90.5 cm³/mol. The Labute approximate surface area is 143 Å². The minimum absolute atomic E-state index is 0.0982. The molecule has 0 aliphatic heterocycles. The van der Waals surface area contributed by atoms with Gasteiger partial charge in [0.1, 0.15) is 9.90 Å². The number of nitrogens with zero attached hydrogens (tertiary/aromatic N) is 1. The molecule has 0 atom stereocenters. The summed E-state index contributed by atoms with van der Waals surface area (Å²) >= 11 is 2.77. The number of esters is 1. The summed E-state index contributed by atoms with van der Waals surface area (Å²) in [4.78, 5) is 29.6. The number of rotatable bonds is 3. The Morgan fingerprint density at radius 3 is 2.78 bits per heavy atom. The van der Waals surface area contributed by atoms with E-state index in [1.807, 2.05) is 18.2 Å². The first kappa shape index (κ1) is 16.2. The zero-order valence-corrected chi connectivity index (χ0v) is 14.8. The maximum Gasteiger partial charge on any atom is 0.348 e. The van der Waals surface area contributed by atoms with Gasteiger partial charge in [-0.25, -0.2) is 9.78 Å². The lowest BCUT2D eigenvalue weighted by molar-refractivity contribution is 0.0604. The van der Waals surface area contributed by atoms with E-state index in [9.17, 15) is 9.59 Å². The van der Waals surface area contributed by atoms with Crippen LogP contribution in [0.5, 0.6) is 0 Å². The molecular formula is C17H17NO3S2. The van der Waals surface area contributed by atoms with Crippen LogP contribution in [0.2, 0.25) is 0 Å². The van der Waals surface area contributed by atoms with E-state index in [2.05, 4.69) is 18.8 Å². The average molecular weight is 347 g/mol. The molecule has 0 radical (unpaired) electrons. The van der Waals surface area contributed by atoms with Crippen molar-refractivity contribution >= 4 is 34.9 Å². The van der Waals surface area contributed by atoms with Crippen molar-refractivity contribution in [3.63, 3.8) is 0 Å². The lowest BCUT2D eigenvalue weighted by Gasteiger charge is -2.29. The van der Waals surface area contributed by atoms with Gasteiger partial charge in [0.15, 0.2) is 5.78 Å². The van der Waals surface area contributed by atoms with Crippen molar-refractivity contribution in [2.75, 3.05) is 7.11 Å². The second-order valence-corrected chi connectivity index (χ2v) is 8.58. The molecule has 120 valence electrons. The van der Waals surface area contributed by atoms with Crippen LogP contribution >= 0.6 is 23.1 Å². The zero-order valence-electron chi connectivity index (χ0n) is 13.2. The minimum Gasteiger partial charge on any atom is -0.465 e. The molecule has 0 unspecified atom stereocenters. The average Bonchev–Trinajstić information content (AvgIpc) is 2.84. The highest BCUT2D eigenvalue weighted by Gasteiger charge is 2.38. The monoisotopic (exact) mass is 347 g/mol. The summed E-state index contributed by atoms with van der Waals surface area (Å²) in [7, 11) is 1.37. The smallest absolute Gasteiger partial charge is 0.348 e. The van der Waals surface area contributed by atoms with Gasteiger partial charge < -0.3 is 4.74 Å². The van der Waals surface area contributed by atoms with E-state index in [1.54, 1.807) is 6.20 Å². The molecule has 0 amide bonds. The molecule has 23 heavy (non-hydrogen) atoms. The van der Waals surface area contributed by atoms with Crippen molar-refractivity contribution in [1.82, 2.24) is 4.98 Å². The van der Waals surface area contributed by atoms with Crippen molar-refractivity contribution in [3.05, 3.63) is 40.4 Å². The van der Waals surface area contributed by atoms with Crippen LogP contribution in [0.25, 0.3) is 0 Å². The first-order valence-corrected chi connectivity index (χ1v) is 8.90. The number of pyridine rings is 1. The Balaban J connectivity index is 2.09. The number of hydrogen-bond donors (Lipinski definition) is 0. The van der Waals surface area contributed by atoms with Crippen LogP contribution in [0.15, 0.2) is 33.6 Å². The Kier molecular flexibility index (Phi) is 4.29. The van der Waals surface area contributed by atoms with Gasteiger partial charge in [-0.3, -0.25) is 4.79 Å². The van der Waals surface area contributed by atoms with Gasteiger partial charge in [-0.15, -0.1) is 11.3 Å². The van der Waals surface area contributed by atoms with Crippen LogP contribution in [0.3, 0.4) is 0 Å². The Bertz CT molecular complexity index is 766. The van der Waals surface area contributed by atoms with Crippen LogP contribution in [0.1, 0.15) is 45.9 Å². The number of hydrogen-bond acceptors (Lipinski definition) is 6. The molecule has 0 spiro atoms. The highest BCUT2D eigenvalue weighted by atomic mass is 32.2. The Hall–Kier alpha value is -1.66. The van der Waals surface area contributed by atoms with Crippen LogP contribution in [0, 0.1) is 5.41 Å². The van der Waals surface area contributed by atoms with Crippen molar-refractivity contribution in [2.24, 2.45) is 5.41 Å².